The fourth-order valence-electron chi connectivity index (χ4n) is 2.27. The maximum atomic E-state index is 11.6. The molecule has 0 spiro atoms. The van der Waals surface area contributed by atoms with Gasteiger partial charge in [-0.15, -0.1) is 10.2 Å². The molecule has 0 aliphatic rings. The molecule has 6 heteroatoms. The average Bonchev–Trinajstić information content (AvgIpc) is 2.50. The van der Waals surface area contributed by atoms with Crippen molar-refractivity contribution in [1.29, 1.82) is 0 Å². The molecule has 0 fully saturated rings. The Balaban J connectivity index is 2.18. The Bertz CT molecular complexity index is 888. The van der Waals surface area contributed by atoms with Gasteiger partial charge in [0.15, 0.2) is 0 Å². The van der Waals surface area contributed by atoms with Crippen LogP contribution in [-0.4, -0.2) is 26.0 Å². The minimum atomic E-state index is -0.0165. The molecule has 5 nitrogen and oxygen atoms in total. The van der Waals surface area contributed by atoms with Crippen molar-refractivity contribution in [3.05, 3.63) is 46.4 Å². The molecule has 0 aliphatic carbocycles. The van der Waals surface area contributed by atoms with Crippen molar-refractivity contribution in [2.45, 2.75) is 12.1 Å². The van der Waals surface area contributed by atoms with Crippen LogP contribution in [0, 0.1) is 6.92 Å². The second-order valence-electron chi connectivity index (χ2n) is 4.74. The van der Waals surface area contributed by atoms with Crippen LogP contribution in [0.4, 0.5) is 0 Å². The minimum absolute atomic E-state index is 0.0165. The Morgan fingerprint density at radius 2 is 1.95 bits per heavy atom. The lowest BCUT2D eigenvalue weighted by Gasteiger charge is -2.08. The van der Waals surface area contributed by atoms with E-state index in [1.54, 1.807) is 17.7 Å². The Hall–Kier alpha value is -2.21. The minimum Gasteiger partial charge on any atom is -0.311 e. The zero-order chi connectivity index (χ0) is 15.0. The molecule has 0 amide bonds. The summed E-state index contributed by atoms with van der Waals surface area (Å²) in [6.07, 6.45) is 1.92. The van der Waals surface area contributed by atoms with Gasteiger partial charge < -0.3 is 4.57 Å². The highest BCUT2D eigenvalue weighted by molar-refractivity contribution is 7.98. The fourth-order valence-corrected chi connectivity index (χ4v) is 2.62. The van der Waals surface area contributed by atoms with E-state index in [1.165, 1.54) is 11.8 Å². The van der Waals surface area contributed by atoms with E-state index in [0.717, 1.165) is 27.9 Å². The van der Waals surface area contributed by atoms with Crippen LogP contribution >= 0.6 is 11.8 Å². The second-order valence-corrected chi connectivity index (χ2v) is 5.51. The Morgan fingerprint density at radius 1 is 1.14 bits per heavy atom. The third-order valence-corrected chi connectivity index (χ3v) is 3.96. The summed E-state index contributed by atoms with van der Waals surface area (Å²) in [5.74, 6) is 0. The molecule has 0 unspecified atom stereocenters. The average molecular weight is 298 g/mol. The monoisotopic (exact) mass is 298 g/mol. The predicted octanol–water partition coefficient (Wildman–Crippen LogP) is 2.42. The summed E-state index contributed by atoms with van der Waals surface area (Å²) in [6.45, 7) is 1.93. The van der Waals surface area contributed by atoms with Gasteiger partial charge in [0.25, 0.3) is 5.56 Å². The molecule has 0 aliphatic heterocycles. The molecule has 106 valence electrons. The Kier molecular flexibility index (Phi) is 3.47. The smallest absolute Gasteiger partial charge is 0.250 e. The molecule has 3 aromatic rings. The first-order valence-corrected chi connectivity index (χ1v) is 7.68. The van der Waals surface area contributed by atoms with Crippen LogP contribution in [0.25, 0.3) is 22.2 Å². The molecule has 0 atom stereocenters. The molecule has 0 saturated heterocycles. The van der Waals surface area contributed by atoms with Gasteiger partial charge in [-0.05, 0) is 36.8 Å². The van der Waals surface area contributed by atoms with Crippen LogP contribution < -0.4 is 5.56 Å². The summed E-state index contributed by atoms with van der Waals surface area (Å²) in [5.41, 5.74) is 3.44. The van der Waals surface area contributed by atoms with Crippen molar-refractivity contribution in [3.8, 4) is 11.3 Å². The number of aromatic nitrogens is 4. The van der Waals surface area contributed by atoms with E-state index in [-0.39, 0.29) is 5.56 Å². The van der Waals surface area contributed by atoms with E-state index in [0.29, 0.717) is 5.16 Å². The van der Waals surface area contributed by atoms with E-state index in [9.17, 15) is 4.79 Å². The number of aryl methyl sites for hydroxylation is 2. The lowest BCUT2D eigenvalue weighted by Crippen LogP contribution is -2.14. The Morgan fingerprint density at radius 3 is 2.67 bits per heavy atom. The lowest BCUT2D eigenvalue weighted by atomic mass is 10.1. The molecule has 0 bridgehead atoms. The summed E-state index contributed by atoms with van der Waals surface area (Å²) in [7, 11) is 1.77. The summed E-state index contributed by atoms with van der Waals surface area (Å²) < 4.78 is 1.63. The number of rotatable bonds is 2. The van der Waals surface area contributed by atoms with Gasteiger partial charge in [-0.2, -0.15) is 0 Å². The SMILES string of the molecule is CSc1nnc(-c2ccc3c(ccc(=O)n3C)c2)c(C)n1. The molecule has 21 heavy (non-hydrogen) atoms. The van der Waals surface area contributed by atoms with E-state index in [4.69, 9.17) is 0 Å². The van der Waals surface area contributed by atoms with E-state index in [1.807, 2.05) is 37.4 Å². The number of nitrogens with zero attached hydrogens (tertiary/aromatic N) is 4. The van der Waals surface area contributed by atoms with E-state index >= 15 is 0 Å². The van der Waals surface area contributed by atoms with Crippen molar-refractivity contribution in [3.63, 3.8) is 0 Å². The number of fused-ring (bicyclic) bond motifs is 1. The van der Waals surface area contributed by atoms with Crippen LogP contribution in [0.3, 0.4) is 0 Å². The largest absolute Gasteiger partial charge is 0.311 e. The molecule has 0 saturated carbocycles. The van der Waals surface area contributed by atoms with Crippen LogP contribution in [0.15, 0.2) is 40.3 Å². The molecular formula is C15H14N4OS. The highest BCUT2D eigenvalue weighted by Gasteiger charge is 2.09. The van der Waals surface area contributed by atoms with Crippen molar-refractivity contribution < 1.29 is 0 Å². The zero-order valence-electron chi connectivity index (χ0n) is 12.0. The highest BCUT2D eigenvalue weighted by atomic mass is 32.2. The third kappa shape index (κ3) is 2.42. The van der Waals surface area contributed by atoms with Crippen molar-refractivity contribution >= 4 is 22.7 Å². The summed E-state index contributed by atoms with van der Waals surface area (Å²) >= 11 is 1.47. The number of benzene rings is 1. The summed E-state index contributed by atoms with van der Waals surface area (Å²) in [6, 6.07) is 9.27. The maximum absolute atomic E-state index is 11.6. The molecule has 3 rings (SSSR count). The summed E-state index contributed by atoms with van der Waals surface area (Å²) in [5, 5.41) is 10.0. The zero-order valence-corrected chi connectivity index (χ0v) is 12.8. The van der Waals surface area contributed by atoms with Gasteiger partial charge in [0.05, 0.1) is 11.2 Å². The number of thioether (sulfide) groups is 1. The first-order chi connectivity index (χ1) is 10.1. The van der Waals surface area contributed by atoms with Gasteiger partial charge in [0.2, 0.25) is 5.16 Å². The van der Waals surface area contributed by atoms with Gasteiger partial charge in [0, 0.05) is 18.7 Å². The molecule has 2 heterocycles. The number of pyridine rings is 1. The van der Waals surface area contributed by atoms with Gasteiger partial charge in [-0.25, -0.2) is 4.98 Å². The van der Waals surface area contributed by atoms with Crippen LogP contribution in [0.2, 0.25) is 0 Å². The van der Waals surface area contributed by atoms with Gasteiger partial charge in [-0.3, -0.25) is 4.79 Å². The van der Waals surface area contributed by atoms with Crippen LogP contribution in [-0.2, 0) is 7.05 Å². The predicted molar refractivity (Wildman–Crippen MR) is 84.5 cm³/mol. The van der Waals surface area contributed by atoms with Gasteiger partial charge in [0.1, 0.15) is 5.69 Å². The second kappa shape index (κ2) is 5.29. The first kappa shape index (κ1) is 13.8. The van der Waals surface area contributed by atoms with Crippen LogP contribution in [0.1, 0.15) is 5.69 Å². The summed E-state index contributed by atoms with van der Waals surface area (Å²) in [4.78, 5) is 16.1. The molecular weight excluding hydrogens is 284 g/mol. The first-order valence-electron chi connectivity index (χ1n) is 6.45. The van der Waals surface area contributed by atoms with Crippen molar-refractivity contribution in [1.82, 2.24) is 19.7 Å². The topological polar surface area (TPSA) is 60.7 Å². The Labute approximate surface area is 126 Å². The molecule has 1 aromatic carbocycles. The standard InChI is InChI=1S/C15H14N4OS/c1-9-14(17-18-15(16-9)21-3)11-4-6-12-10(8-11)5-7-13(20)19(12)2/h4-8H,1-3H3. The van der Waals surface area contributed by atoms with Crippen LogP contribution in [0.5, 0.6) is 0 Å². The third-order valence-electron chi connectivity index (χ3n) is 3.42. The molecule has 0 N–H and O–H groups in total. The van der Waals surface area contributed by atoms with E-state index < -0.39 is 0 Å². The van der Waals surface area contributed by atoms with Gasteiger partial charge >= 0.3 is 0 Å². The lowest BCUT2D eigenvalue weighted by molar-refractivity contribution is 0.825. The quantitative estimate of drug-likeness (QED) is 0.680. The normalized spacial score (nSPS) is 11.0. The maximum Gasteiger partial charge on any atom is 0.250 e. The van der Waals surface area contributed by atoms with Crippen molar-refractivity contribution in [2.24, 2.45) is 7.05 Å². The number of hydrogen-bond acceptors (Lipinski definition) is 5. The molecule has 2 aromatic heterocycles. The fraction of sp³-hybridized carbons (Fsp3) is 0.200. The molecule has 0 radical (unpaired) electrons. The highest BCUT2D eigenvalue weighted by Crippen LogP contribution is 2.24. The number of hydrogen-bond donors (Lipinski definition) is 0. The van der Waals surface area contributed by atoms with E-state index in [2.05, 4.69) is 15.2 Å². The van der Waals surface area contributed by atoms with Gasteiger partial charge in [-0.1, -0.05) is 17.8 Å². The van der Waals surface area contributed by atoms with Crippen molar-refractivity contribution in [2.75, 3.05) is 6.26 Å².